The van der Waals surface area contributed by atoms with Crippen LogP contribution in [0.25, 0.3) is 0 Å². The fourth-order valence-electron chi connectivity index (χ4n) is 1.37. The molecule has 14 heavy (non-hydrogen) atoms. The molecule has 1 saturated heterocycles. The molecule has 1 unspecified atom stereocenters. The van der Waals surface area contributed by atoms with Gasteiger partial charge in [-0.05, 0) is 0 Å². The monoisotopic (exact) mass is 241 g/mol. The number of nitrogens with zero attached hydrogens (tertiary/aromatic N) is 1. The number of carbonyl (C=O) groups is 2. The molecule has 0 radical (unpaired) electrons. The van der Waals surface area contributed by atoms with Crippen LogP contribution < -0.4 is 34.7 Å². The van der Waals surface area contributed by atoms with Crippen molar-refractivity contribution in [3.8, 4) is 0 Å². The molecule has 0 aromatic heterocycles. The smallest absolute Gasteiger partial charge is 0.543 e. The van der Waals surface area contributed by atoms with Crippen LogP contribution >= 0.6 is 23.4 Å². The van der Waals surface area contributed by atoms with Gasteiger partial charge >= 0.3 is 29.6 Å². The molecule has 2 aliphatic rings. The fraction of sp³-hybridized carbons (Fsp3) is 0.429. The van der Waals surface area contributed by atoms with Gasteiger partial charge in [0.15, 0.2) is 0 Å². The summed E-state index contributed by atoms with van der Waals surface area (Å²) in [6.45, 7) is 0. The number of halogens is 1. The number of hydrogen-bond acceptors (Lipinski definition) is 4. The first-order valence-corrected chi connectivity index (χ1v) is 5.07. The second kappa shape index (κ2) is 4.45. The van der Waals surface area contributed by atoms with Gasteiger partial charge in [-0.2, -0.15) is 0 Å². The Bertz CT molecular complexity index is 333. The summed E-state index contributed by atoms with van der Waals surface area (Å²) in [7, 11) is 0. The standard InChI is InChI=1S/C7H6ClNO3S.Na/c8-3-2-13-5-1-4(10)9(5)6(3)7(11)12;/h5H,1-2H2,(H,11,12);/q;+1/p-1. The maximum Gasteiger partial charge on any atom is 1.00 e. The maximum atomic E-state index is 11.1. The van der Waals surface area contributed by atoms with Gasteiger partial charge in [-0.3, -0.25) is 9.69 Å². The molecule has 0 spiro atoms. The van der Waals surface area contributed by atoms with Crippen molar-refractivity contribution in [2.24, 2.45) is 0 Å². The molecule has 1 amide bonds. The Balaban J connectivity index is 0.000000980. The summed E-state index contributed by atoms with van der Waals surface area (Å²) in [5.41, 5.74) is -0.151. The third kappa shape index (κ3) is 1.84. The Morgan fingerprint density at radius 1 is 1.64 bits per heavy atom. The van der Waals surface area contributed by atoms with E-state index in [0.29, 0.717) is 12.2 Å². The fourth-order valence-corrected chi connectivity index (χ4v) is 2.83. The van der Waals surface area contributed by atoms with E-state index in [2.05, 4.69) is 0 Å². The molecule has 7 heteroatoms. The second-order valence-corrected chi connectivity index (χ2v) is 4.40. The van der Waals surface area contributed by atoms with Crippen LogP contribution in [0.4, 0.5) is 0 Å². The number of fused-ring (bicyclic) bond motifs is 1. The molecule has 0 aromatic carbocycles. The number of carbonyl (C=O) groups excluding carboxylic acids is 2. The molecule has 2 aliphatic heterocycles. The number of carboxylic acids is 1. The second-order valence-electron chi connectivity index (χ2n) is 2.77. The SMILES string of the molecule is O=C([O-])C1=C(Cl)CSC2CC(=O)N12.[Na+]. The van der Waals surface area contributed by atoms with Crippen LogP contribution in [0.1, 0.15) is 6.42 Å². The van der Waals surface area contributed by atoms with Crippen LogP contribution in [0.3, 0.4) is 0 Å². The molecule has 0 aliphatic carbocycles. The van der Waals surface area contributed by atoms with Crippen LogP contribution in [0.2, 0.25) is 0 Å². The number of β-lactam (4-membered cyclic amide) rings is 1. The number of rotatable bonds is 1. The number of amides is 1. The Kier molecular flexibility index (Phi) is 3.94. The summed E-state index contributed by atoms with van der Waals surface area (Å²) in [4.78, 5) is 22.9. The summed E-state index contributed by atoms with van der Waals surface area (Å²) in [6.07, 6.45) is 0.394. The summed E-state index contributed by atoms with van der Waals surface area (Å²) >= 11 is 7.15. The van der Waals surface area contributed by atoms with Crippen molar-refractivity contribution < 1.29 is 44.3 Å². The zero-order valence-corrected chi connectivity index (χ0v) is 11.0. The third-order valence-corrected chi connectivity index (χ3v) is 3.69. The van der Waals surface area contributed by atoms with Crippen molar-refractivity contribution in [2.45, 2.75) is 11.8 Å². The van der Waals surface area contributed by atoms with Crippen molar-refractivity contribution in [1.29, 1.82) is 0 Å². The van der Waals surface area contributed by atoms with Crippen molar-refractivity contribution in [3.63, 3.8) is 0 Å². The molecule has 4 nitrogen and oxygen atoms in total. The Hall–Kier alpha value is 0.320. The van der Waals surface area contributed by atoms with Crippen molar-refractivity contribution >= 4 is 35.2 Å². The van der Waals surface area contributed by atoms with E-state index < -0.39 is 5.97 Å². The average Bonchev–Trinajstić information content (AvgIpc) is 2.05. The van der Waals surface area contributed by atoms with Gasteiger partial charge in [0.05, 0.1) is 28.5 Å². The molecule has 2 heterocycles. The Labute approximate surface area is 112 Å². The van der Waals surface area contributed by atoms with E-state index in [1.54, 1.807) is 0 Å². The van der Waals surface area contributed by atoms with Crippen LogP contribution in [0, 0.1) is 0 Å². The molecule has 0 saturated carbocycles. The quantitative estimate of drug-likeness (QED) is 0.353. The first-order valence-electron chi connectivity index (χ1n) is 3.65. The summed E-state index contributed by atoms with van der Waals surface area (Å²) < 4.78 is 0. The zero-order chi connectivity index (χ0) is 9.59. The number of carboxylic acid groups (broad SMARTS) is 1. The Morgan fingerprint density at radius 2 is 2.29 bits per heavy atom. The first kappa shape index (κ1) is 12.4. The predicted molar refractivity (Wildman–Crippen MR) is 45.6 cm³/mol. The Morgan fingerprint density at radius 3 is 2.71 bits per heavy atom. The number of aliphatic carboxylic acids is 1. The van der Waals surface area contributed by atoms with Gasteiger partial charge in [0.25, 0.3) is 0 Å². The molecule has 70 valence electrons. The van der Waals surface area contributed by atoms with Crippen molar-refractivity contribution in [2.75, 3.05) is 5.75 Å². The summed E-state index contributed by atoms with van der Waals surface area (Å²) in [6, 6.07) is 0. The van der Waals surface area contributed by atoms with E-state index in [0.717, 1.165) is 0 Å². The normalized spacial score (nSPS) is 25.1. The van der Waals surface area contributed by atoms with E-state index in [1.807, 2.05) is 0 Å². The van der Waals surface area contributed by atoms with E-state index in [9.17, 15) is 14.7 Å². The minimum absolute atomic E-state index is 0. The van der Waals surface area contributed by atoms with E-state index in [4.69, 9.17) is 11.6 Å². The minimum Gasteiger partial charge on any atom is -0.543 e. The maximum absolute atomic E-state index is 11.1. The molecule has 0 aromatic rings. The topological polar surface area (TPSA) is 60.4 Å². The van der Waals surface area contributed by atoms with E-state index in [-0.39, 0.29) is 51.6 Å². The molecule has 2 rings (SSSR count). The minimum atomic E-state index is -1.37. The van der Waals surface area contributed by atoms with Crippen LogP contribution in [0.5, 0.6) is 0 Å². The molecule has 1 fully saturated rings. The average molecular weight is 242 g/mol. The number of hydrogen-bond donors (Lipinski definition) is 0. The first-order chi connectivity index (χ1) is 6.11. The molecule has 0 bridgehead atoms. The van der Waals surface area contributed by atoms with Gasteiger partial charge in [-0.25, -0.2) is 0 Å². The van der Waals surface area contributed by atoms with Crippen LogP contribution in [0.15, 0.2) is 10.7 Å². The third-order valence-electron chi connectivity index (χ3n) is 2.00. The van der Waals surface area contributed by atoms with Gasteiger partial charge in [-0.1, -0.05) is 11.6 Å². The molecule has 0 N–H and O–H groups in total. The van der Waals surface area contributed by atoms with Crippen molar-refractivity contribution in [1.82, 2.24) is 4.90 Å². The van der Waals surface area contributed by atoms with Crippen molar-refractivity contribution in [3.05, 3.63) is 10.7 Å². The van der Waals surface area contributed by atoms with Gasteiger partial charge in [0.1, 0.15) is 0 Å². The molecular formula is C7H5ClNNaO3S. The van der Waals surface area contributed by atoms with Gasteiger partial charge in [0, 0.05) is 5.75 Å². The predicted octanol–water partition coefficient (Wildman–Crippen LogP) is -3.50. The summed E-state index contributed by atoms with van der Waals surface area (Å²) in [5, 5.41) is 10.8. The zero-order valence-electron chi connectivity index (χ0n) is 7.45. The largest absolute Gasteiger partial charge is 1.00 e. The van der Waals surface area contributed by atoms with Gasteiger partial charge in [-0.15, -0.1) is 11.8 Å². The van der Waals surface area contributed by atoms with E-state index >= 15 is 0 Å². The number of thioether (sulfide) groups is 1. The van der Waals surface area contributed by atoms with E-state index in [1.165, 1.54) is 16.7 Å². The molecular weight excluding hydrogens is 237 g/mol. The summed E-state index contributed by atoms with van der Waals surface area (Å²) in [5.74, 6) is -1.13. The molecule has 1 atom stereocenters. The van der Waals surface area contributed by atoms with Gasteiger partial charge in [0.2, 0.25) is 5.91 Å². The van der Waals surface area contributed by atoms with Gasteiger partial charge < -0.3 is 9.90 Å². The van der Waals surface area contributed by atoms with Crippen LogP contribution in [-0.2, 0) is 9.59 Å². The van der Waals surface area contributed by atoms with Crippen LogP contribution in [-0.4, -0.2) is 27.9 Å².